The Morgan fingerprint density at radius 1 is 1.22 bits per heavy atom. The second-order valence-electron chi connectivity index (χ2n) is 6.63. The zero-order valence-electron chi connectivity index (χ0n) is 14.7. The Morgan fingerprint density at radius 3 is 2.48 bits per heavy atom. The molecule has 3 atom stereocenters. The Morgan fingerprint density at radius 2 is 1.91 bits per heavy atom. The number of hydrogen-bond acceptors (Lipinski definition) is 6. The lowest BCUT2D eigenvalue weighted by molar-refractivity contribution is -0.152. The molecule has 1 rings (SSSR count). The summed E-state index contributed by atoms with van der Waals surface area (Å²) in [6.07, 6.45) is 1.05. The zero-order chi connectivity index (χ0) is 17.5. The number of carbonyl (C=O) groups excluding carboxylic acids is 2. The maximum absolute atomic E-state index is 12.0. The van der Waals surface area contributed by atoms with E-state index in [-0.39, 0.29) is 30.8 Å². The first kappa shape index (κ1) is 19.7. The van der Waals surface area contributed by atoms with Crippen molar-refractivity contribution in [3.8, 4) is 0 Å². The number of esters is 1. The fourth-order valence-corrected chi connectivity index (χ4v) is 2.58. The van der Waals surface area contributed by atoms with Crippen molar-refractivity contribution in [2.45, 2.75) is 64.7 Å². The van der Waals surface area contributed by atoms with Crippen molar-refractivity contribution < 1.29 is 28.5 Å². The maximum Gasteiger partial charge on any atom is 0.407 e. The highest BCUT2D eigenvalue weighted by Gasteiger charge is 2.36. The zero-order valence-corrected chi connectivity index (χ0v) is 14.7. The molecule has 0 saturated heterocycles. The van der Waals surface area contributed by atoms with Crippen molar-refractivity contribution in [3.05, 3.63) is 0 Å². The Labute approximate surface area is 138 Å². The molecule has 0 aromatic rings. The van der Waals surface area contributed by atoms with Crippen LogP contribution in [0.3, 0.4) is 0 Å². The highest BCUT2D eigenvalue weighted by atomic mass is 16.7. The van der Waals surface area contributed by atoms with Gasteiger partial charge in [0.05, 0.1) is 24.7 Å². The second-order valence-corrected chi connectivity index (χ2v) is 6.63. The van der Waals surface area contributed by atoms with Crippen molar-refractivity contribution >= 4 is 12.1 Å². The van der Waals surface area contributed by atoms with Gasteiger partial charge >= 0.3 is 12.1 Å². The van der Waals surface area contributed by atoms with Gasteiger partial charge in [-0.1, -0.05) is 0 Å². The van der Waals surface area contributed by atoms with Gasteiger partial charge in [0.1, 0.15) is 12.4 Å². The van der Waals surface area contributed by atoms with Crippen LogP contribution in [0.1, 0.15) is 47.0 Å². The topological polar surface area (TPSA) is 83.1 Å². The van der Waals surface area contributed by atoms with Gasteiger partial charge in [-0.25, -0.2) is 4.79 Å². The van der Waals surface area contributed by atoms with Gasteiger partial charge in [-0.3, -0.25) is 4.79 Å². The monoisotopic (exact) mass is 331 g/mol. The van der Waals surface area contributed by atoms with Gasteiger partial charge in [0.2, 0.25) is 0 Å². The fourth-order valence-electron chi connectivity index (χ4n) is 2.58. The largest absolute Gasteiger partial charge is 0.466 e. The minimum atomic E-state index is -0.581. The molecule has 0 spiro atoms. The molecule has 1 amide bonds. The summed E-state index contributed by atoms with van der Waals surface area (Å²) in [5.74, 6) is -0.467. The van der Waals surface area contributed by atoms with Gasteiger partial charge in [-0.15, -0.1) is 0 Å². The number of rotatable bonds is 6. The molecule has 23 heavy (non-hydrogen) atoms. The summed E-state index contributed by atoms with van der Waals surface area (Å²) in [5.41, 5.74) is -0.581. The van der Waals surface area contributed by atoms with E-state index in [9.17, 15) is 9.59 Å². The van der Waals surface area contributed by atoms with Crippen LogP contribution in [0.5, 0.6) is 0 Å². The molecular formula is C16H29NO6. The van der Waals surface area contributed by atoms with Crippen molar-refractivity contribution in [1.29, 1.82) is 0 Å². The number of hydrogen-bond donors (Lipinski definition) is 1. The smallest absolute Gasteiger partial charge is 0.407 e. The molecule has 7 nitrogen and oxygen atoms in total. The normalized spacial score (nSPS) is 24.8. The molecule has 7 heteroatoms. The first-order chi connectivity index (χ1) is 10.8. The fraction of sp³-hybridized carbons (Fsp3) is 0.875. The molecule has 0 aromatic carbocycles. The Bertz CT molecular complexity index is 393. The predicted molar refractivity (Wildman–Crippen MR) is 83.9 cm³/mol. The summed E-state index contributed by atoms with van der Waals surface area (Å²) in [6, 6.07) is -0.317. The van der Waals surface area contributed by atoms with E-state index in [4.69, 9.17) is 18.9 Å². The van der Waals surface area contributed by atoms with E-state index < -0.39 is 11.7 Å². The van der Waals surface area contributed by atoms with Crippen LogP contribution < -0.4 is 5.32 Å². The van der Waals surface area contributed by atoms with Crippen molar-refractivity contribution in [2.24, 2.45) is 5.92 Å². The van der Waals surface area contributed by atoms with Gasteiger partial charge in [0.15, 0.2) is 0 Å². The van der Waals surface area contributed by atoms with Gasteiger partial charge < -0.3 is 24.3 Å². The Hall–Kier alpha value is -1.34. The van der Waals surface area contributed by atoms with Gasteiger partial charge in [-0.05, 0) is 47.0 Å². The number of methoxy groups -OCH3 is 1. The van der Waals surface area contributed by atoms with E-state index in [0.717, 1.165) is 0 Å². The molecule has 1 fully saturated rings. The number of alkyl carbamates (subject to hydrolysis) is 1. The Balaban J connectivity index is 2.68. The third kappa shape index (κ3) is 7.18. The average Bonchev–Trinajstić information content (AvgIpc) is 2.44. The average molecular weight is 331 g/mol. The lowest BCUT2D eigenvalue weighted by Crippen LogP contribution is -2.50. The molecule has 0 bridgehead atoms. The number of nitrogens with one attached hydrogen (secondary N) is 1. The lowest BCUT2D eigenvalue weighted by Gasteiger charge is -2.35. The molecule has 1 N–H and O–H groups in total. The molecule has 134 valence electrons. The lowest BCUT2D eigenvalue weighted by atomic mass is 9.83. The van der Waals surface area contributed by atoms with Crippen LogP contribution >= 0.6 is 0 Å². The molecule has 0 aliphatic heterocycles. The predicted octanol–water partition coefficient (Wildman–Crippen LogP) is 2.23. The van der Waals surface area contributed by atoms with Gasteiger partial charge in [0.25, 0.3) is 0 Å². The molecule has 1 saturated carbocycles. The summed E-state index contributed by atoms with van der Waals surface area (Å²) >= 11 is 0. The maximum atomic E-state index is 12.0. The van der Waals surface area contributed by atoms with Crippen LogP contribution in [-0.2, 0) is 23.7 Å². The minimum Gasteiger partial charge on any atom is -0.466 e. The molecule has 0 unspecified atom stereocenters. The van der Waals surface area contributed by atoms with Gasteiger partial charge in [-0.2, -0.15) is 0 Å². The van der Waals surface area contributed by atoms with Crippen LogP contribution in [0.25, 0.3) is 0 Å². The van der Waals surface area contributed by atoms with Crippen LogP contribution in [0.4, 0.5) is 4.79 Å². The highest BCUT2D eigenvalue weighted by Crippen LogP contribution is 2.28. The van der Waals surface area contributed by atoms with E-state index in [1.165, 1.54) is 0 Å². The van der Waals surface area contributed by atoms with Crippen LogP contribution in [-0.4, -0.2) is 50.3 Å². The standard InChI is InChI=1S/C16H29NO6/c1-6-21-14(18)11-7-8-13(22-10-20-5)12(9-11)17-15(19)23-16(2,3)4/h11-13H,6-10H2,1-5H3,(H,17,19)/t11-,12+,13+/m1/s1. The summed E-state index contributed by atoms with van der Waals surface area (Å²) in [6.45, 7) is 7.67. The first-order valence-electron chi connectivity index (χ1n) is 8.03. The van der Waals surface area contributed by atoms with Crippen LogP contribution in [0, 0.1) is 5.92 Å². The van der Waals surface area contributed by atoms with Gasteiger partial charge in [0, 0.05) is 7.11 Å². The highest BCUT2D eigenvalue weighted by molar-refractivity contribution is 5.73. The van der Waals surface area contributed by atoms with Crippen molar-refractivity contribution in [1.82, 2.24) is 5.32 Å². The Kier molecular flexibility index (Phi) is 7.78. The first-order valence-corrected chi connectivity index (χ1v) is 8.03. The molecule has 0 radical (unpaired) electrons. The third-order valence-corrected chi connectivity index (χ3v) is 3.51. The van der Waals surface area contributed by atoms with E-state index in [0.29, 0.717) is 25.9 Å². The summed E-state index contributed by atoms with van der Waals surface area (Å²) < 4.78 is 20.9. The molecule has 0 aromatic heterocycles. The van der Waals surface area contributed by atoms with E-state index in [1.807, 2.05) is 0 Å². The molecule has 1 aliphatic rings. The molecule has 1 aliphatic carbocycles. The molecule has 0 heterocycles. The van der Waals surface area contributed by atoms with Crippen molar-refractivity contribution in [3.63, 3.8) is 0 Å². The molecular weight excluding hydrogens is 302 g/mol. The van der Waals surface area contributed by atoms with Crippen LogP contribution in [0.15, 0.2) is 0 Å². The summed E-state index contributed by atoms with van der Waals surface area (Å²) in [4.78, 5) is 24.0. The SMILES string of the molecule is CCOC(=O)[C@@H]1CC[C@H](OCOC)[C@@H](NC(=O)OC(C)(C)C)C1. The third-order valence-electron chi connectivity index (χ3n) is 3.51. The van der Waals surface area contributed by atoms with E-state index >= 15 is 0 Å². The summed E-state index contributed by atoms with van der Waals surface area (Å²) in [5, 5.41) is 2.81. The summed E-state index contributed by atoms with van der Waals surface area (Å²) in [7, 11) is 1.54. The van der Waals surface area contributed by atoms with Crippen LogP contribution in [0.2, 0.25) is 0 Å². The number of amides is 1. The van der Waals surface area contributed by atoms with E-state index in [2.05, 4.69) is 5.32 Å². The minimum absolute atomic E-state index is 0.140. The number of ether oxygens (including phenoxy) is 4. The quantitative estimate of drug-likeness (QED) is 0.593. The van der Waals surface area contributed by atoms with Crippen molar-refractivity contribution in [2.75, 3.05) is 20.5 Å². The van der Waals surface area contributed by atoms with E-state index in [1.54, 1.807) is 34.8 Å². The number of carbonyl (C=O) groups is 2. The second kappa shape index (κ2) is 9.08.